The van der Waals surface area contributed by atoms with Crippen molar-refractivity contribution >= 4 is 29.1 Å². The standard InChI is InChI=1S/C19H14N4O3S2/c24-19(15-5-1-2-6-16(15)28-11-14-10-27-12-21-14)25-9-17-22-18(23-26-17)13-4-3-7-20-8-13/h1-8,10,12H,9,11H2. The highest BCUT2D eigenvalue weighted by Crippen LogP contribution is 2.27. The molecule has 0 saturated heterocycles. The fourth-order valence-electron chi connectivity index (χ4n) is 2.35. The molecule has 9 heteroatoms. The molecule has 0 spiro atoms. The van der Waals surface area contributed by atoms with Gasteiger partial charge in [0.05, 0.1) is 16.8 Å². The molecule has 0 N–H and O–H groups in total. The molecule has 0 unspecified atom stereocenters. The highest BCUT2D eigenvalue weighted by molar-refractivity contribution is 7.98. The number of hydrogen-bond acceptors (Lipinski definition) is 9. The molecule has 3 aromatic heterocycles. The van der Waals surface area contributed by atoms with E-state index in [1.165, 1.54) is 0 Å². The summed E-state index contributed by atoms with van der Waals surface area (Å²) in [5, 5.41) is 5.87. The van der Waals surface area contributed by atoms with Crippen LogP contribution in [0.25, 0.3) is 11.4 Å². The molecule has 0 atom stereocenters. The number of esters is 1. The average molecular weight is 410 g/mol. The number of benzene rings is 1. The maximum absolute atomic E-state index is 12.5. The Morgan fingerprint density at radius 1 is 1.21 bits per heavy atom. The normalized spacial score (nSPS) is 10.7. The van der Waals surface area contributed by atoms with Gasteiger partial charge in [-0.3, -0.25) is 4.98 Å². The van der Waals surface area contributed by atoms with E-state index in [4.69, 9.17) is 9.26 Å². The molecule has 0 aliphatic rings. The third-order valence-corrected chi connectivity index (χ3v) is 5.42. The zero-order valence-electron chi connectivity index (χ0n) is 14.5. The van der Waals surface area contributed by atoms with E-state index in [2.05, 4.69) is 20.1 Å². The summed E-state index contributed by atoms with van der Waals surface area (Å²) >= 11 is 3.09. The van der Waals surface area contributed by atoms with Crippen molar-refractivity contribution in [2.45, 2.75) is 17.3 Å². The first-order valence-corrected chi connectivity index (χ1v) is 10.2. The number of nitrogens with zero attached hydrogens (tertiary/aromatic N) is 4. The van der Waals surface area contributed by atoms with Crippen molar-refractivity contribution in [2.75, 3.05) is 0 Å². The van der Waals surface area contributed by atoms with E-state index >= 15 is 0 Å². The lowest BCUT2D eigenvalue weighted by Gasteiger charge is -2.07. The van der Waals surface area contributed by atoms with Crippen molar-refractivity contribution in [1.29, 1.82) is 0 Å². The number of rotatable bonds is 7. The average Bonchev–Trinajstić information content (AvgIpc) is 3.43. The molecule has 4 rings (SSSR count). The molecular formula is C19H14N4O3S2. The van der Waals surface area contributed by atoms with Gasteiger partial charge in [-0.2, -0.15) is 4.98 Å². The summed E-state index contributed by atoms with van der Waals surface area (Å²) in [7, 11) is 0. The Morgan fingerprint density at radius 3 is 2.96 bits per heavy atom. The second kappa shape index (κ2) is 8.77. The van der Waals surface area contributed by atoms with Crippen molar-refractivity contribution in [2.24, 2.45) is 0 Å². The largest absolute Gasteiger partial charge is 0.452 e. The minimum atomic E-state index is -0.442. The van der Waals surface area contributed by atoms with Gasteiger partial charge in [-0.25, -0.2) is 9.78 Å². The third kappa shape index (κ3) is 4.44. The molecule has 7 nitrogen and oxygen atoms in total. The predicted octanol–water partition coefficient (Wildman–Crippen LogP) is 4.24. The van der Waals surface area contributed by atoms with Gasteiger partial charge in [0, 0.05) is 34.0 Å². The van der Waals surface area contributed by atoms with Crippen LogP contribution >= 0.6 is 23.1 Å². The zero-order chi connectivity index (χ0) is 19.2. The maximum atomic E-state index is 12.5. The first-order valence-electron chi connectivity index (χ1n) is 8.28. The zero-order valence-corrected chi connectivity index (χ0v) is 16.2. The fraction of sp³-hybridized carbons (Fsp3) is 0.105. The third-order valence-electron chi connectivity index (χ3n) is 3.68. The van der Waals surface area contributed by atoms with Crippen LogP contribution in [0.4, 0.5) is 0 Å². The number of carbonyl (C=O) groups excluding carboxylic acids is 1. The van der Waals surface area contributed by atoms with Gasteiger partial charge in [0.15, 0.2) is 6.61 Å². The number of pyridine rings is 1. The van der Waals surface area contributed by atoms with Gasteiger partial charge in [0.2, 0.25) is 5.82 Å². The molecular weight excluding hydrogens is 396 g/mol. The summed E-state index contributed by atoms with van der Waals surface area (Å²) in [6, 6.07) is 10.9. The van der Waals surface area contributed by atoms with Crippen LogP contribution in [0.2, 0.25) is 0 Å². The van der Waals surface area contributed by atoms with E-state index in [1.54, 1.807) is 59.2 Å². The van der Waals surface area contributed by atoms with Crippen molar-refractivity contribution in [3.05, 3.63) is 76.8 Å². The smallest absolute Gasteiger partial charge is 0.339 e. The van der Waals surface area contributed by atoms with Crippen LogP contribution in [0.5, 0.6) is 0 Å². The van der Waals surface area contributed by atoms with E-state index in [0.29, 0.717) is 17.1 Å². The van der Waals surface area contributed by atoms with Gasteiger partial charge in [-0.15, -0.1) is 23.1 Å². The van der Waals surface area contributed by atoms with Crippen molar-refractivity contribution < 1.29 is 14.1 Å². The molecule has 4 aromatic rings. The SMILES string of the molecule is O=C(OCc1nc(-c2cccnc2)no1)c1ccccc1SCc1cscn1. The van der Waals surface area contributed by atoms with Gasteiger partial charge in [-0.1, -0.05) is 17.3 Å². The molecule has 0 radical (unpaired) electrons. The van der Waals surface area contributed by atoms with Gasteiger partial charge >= 0.3 is 5.97 Å². The molecule has 0 amide bonds. The van der Waals surface area contributed by atoms with Crippen LogP contribution in [0, 0.1) is 0 Å². The lowest BCUT2D eigenvalue weighted by atomic mass is 10.2. The van der Waals surface area contributed by atoms with Gasteiger partial charge in [-0.05, 0) is 24.3 Å². The molecule has 0 saturated carbocycles. The number of thioether (sulfide) groups is 1. The highest BCUT2D eigenvalue weighted by Gasteiger charge is 2.16. The minimum absolute atomic E-state index is 0.100. The van der Waals surface area contributed by atoms with E-state index < -0.39 is 5.97 Å². The maximum Gasteiger partial charge on any atom is 0.339 e. The minimum Gasteiger partial charge on any atom is -0.452 e. The van der Waals surface area contributed by atoms with Crippen molar-refractivity contribution in [3.8, 4) is 11.4 Å². The summed E-state index contributed by atoms with van der Waals surface area (Å²) in [6.07, 6.45) is 3.30. The van der Waals surface area contributed by atoms with E-state index in [9.17, 15) is 4.79 Å². The van der Waals surface area contributed by atoms with Gasteiger partial charge in [0.25, 0.3) is 5.89 Å². The fourth-order valence-corrected chi connectivity index (χ4v) is 3.96. The molecule has 0 aliphatic carbocycles. The van der Waals surface area contributed by atoms with Gasteiger partial charge in [0.1, 0.15) is 0 Å². The van der Waals surface area contributed by atoms with E-state index in [0.717, 1.165) is 16.2 Å². The first-order chi connectivity index (χ1) is 13.8. The molecule has 0 aliphatic heterocycles. The predicted molar refractivity (Wildman–Crippen MR) is 105 cm³/mol. The van der Waals surface area contributed by atoms with Crippen LogP contribution in [-0.2, 0) is 17.1 Å². The Kier molecular flexibility index (Phi) is 5.74. The molecule has 0 bridgehead atoms. The number of aromatic nitrogens is 4. The topological polar surface area (TPSA) is 91.0 Å². The number of carbonyl (C=O) groups is 1. The highest BCUT2D eigenvalue weighted by atomic mass is 32.2. The van der Waals surface area contributed by atoms with E-state index in [-0.39, 0.29) is 12.5 Å². The summed E-state index contributed by atoms with van der Waals surface area (Å²) in [5.41, 5.74) is 3.99. The Bertz CT molecular complexity index is 1050. The lowest BCUT2D eigenvalue weighted by Crippen LogP contribution is -2.07. The van der Waals surface area contributed by atoms with Gasteiger partial charge < -0.3 is 9.26 Å². The Morgan fingerprint density at radius 2 is 2.14 bits per heavy atom. The number of hydrogen-bond donors (Lipinski definition) is 0. The molecule has 1 aromatic carbocycles. The number of ether oxygens (including phenoxy) is 1. The Labute approximate surface area is 168 Å². The van der Waals surface area contributed by atoms with Crippen molar-refractivity contribution in [1.82, 2.24) is 20.1 Å². The second-order valence-corrected chi connectivity index (χ2v) is 7.33. The summed E-state index contributed by atoms with van der Waals surface area (Å²) in [6.45, 7) is -0.100. The Balaban J connectivity index is 1.40. The van der Waals surface area contributed by atoms with Crippen LogP contribution in [0.15, 0.2) is 69.1 Å². The lowest BCUT2D eigenvalue weighted by molar-refractivity contribution is 0.0425. The molecule has 0 fully saturated rings. The Hall–Kier alpha value is -3.04. The summed E-state index contributed by atoms with van der Waals surface area (Å²) in [4.78, 5) is 25.9. The summed E-state index contributed by atoms with van der Waals surface area (Å²) < 4.78 is 10.5. The second-order valence-electron chi connectivity index (χ2n) is 5.59. The molecule has 3 heterocycles. The van der Waals surface area contributed by atoms with E-state index in [1.807, 2.05) is 23.6 Å². The molecule has 140 valence electrons. The van der Waals surface area contributed by atoms with Crippen LogP contribution in [0.1, 0.15) is 21.9 Å². The molecule has 28 heavy (non-hydrogen) atoms. The van der Waals surface area contributed by atoms with Crippen molar-refractivity contribution in [3.63, 3.8) is 0 Å². The summed E-state index contributed by atoms with van der Waals surface area (Å²) in [5.74, 6) is 0.868. The monoisotopic (exact) mass is 410 g/mol. The quantitative estimate of drug-likeness (QED) is 0.330. The van der Waals surface area contributed by atoms with Crippen LogP contribution < -0.4 is 0 Å². The van der Waals surface area contributed by atoms with Crippen LogP contribution in [-0.4, -0.2) is 26.1 Å². The van der Waals surface area contributed by atoms with Crippen LogP contribution in [0.3, 0.4) is 0 Å². The number of thiazole rings is 1. The first kappa shape index (κ1) is 18.3.